The second kappa shape index (κ2) is 5.91. The molecule has 0 unspecified atom stereocenters. The van der Waals surface area contributed by atoms with E-state index in [0.717, 1.165) is 17.1 Å². The Balaban J connectivity index is 2.86. The number of hydrogen-bond acceptors (Lipinski definition) is 2. The molecule has 0 spiro atoms. The highest BCUT2D eigenvalue weighted by Crippen LogP contribution is 2.14. The fourth-order valence-corrected chi connectivity index (χ4v) is 1.20. The third-order valence-electron chi connectivity index (χ3n) is 1.99. The molecule has 0 bridgehead atoms. The summed E-state index contributed by atoms with van der Waals surface area (Å²) in [7, 11) is 3.32. The van der Waals surface area contributed by atoms with Crippen LogP contribution in [0.25, 0.3) is 6.08 Å². The summed E-state index contributed by atoms with van der Waals surface area (Å²) >= 11 is 0. The minimum atomic E-state index is 0.836. The fraction of sp³-hybridized carbons (Fsp3) is 0.231. The monoisotopic (exact) mass is 204 g/mol. The van der Waals surface area contributed by atoms with Crippen LogP contribution in [0.3, 0.4) is 0 Å². The van der Waals surface area contributed by atoms with Crippen LogP contribution in [-0.4, -0.2) is 14.2 Å². The van der Waals surface area contributed by atoms with E-state index in [9.17, 15) is 0 Å². The predicted molar refractivity (Wildman–Crippen MR) is 62.8 cm³/mol. The van der Waals surface area contributed by atoms with E-state index in [4.69, 9.17) is 9.47 Å². The first-order valence-electron chi connectivity index (χ1n) is 4.82. The molecular weight excluding hydrogens is 188 g/mol. The molecule has 1 rings (SSSR count). The van der Waals surface area contributed by atoms with Crippen LogP contribution in [0.1, 0.15) is 12.5 Å². The maximum Gasteiger partial charge on any atom is 0.119 e. The molecule has 1 aromatic rings. The molecule has 1 aromatic carbocycles. The first-order valence-corrected chi connectivity index (χ1v) is 4.82. The maximum atomic E-state index is 5.19. The van der Waals surface area contributed by atoms with Crippen molar-refractivity contribution < 1.29 is 9.47 Å². The number of allylic oxidation sites excluding steroid dienone is 2. The van der Waals surface area contributed by atoms with Crippen molar-refractivity contribution in [3.63, 3.8) is 0 Å². The Bertz CT molecular complexity index is 347. The summed E-state index contributed by atoms with van der Waals surface area (Å²) in [6, 6.07) is 7.83. The van der Waals surface area contributed by atoms with Crippen molar-refractivity contribution in [1.82, 2.24) is 0 Å². The molecule has 0 N–H and O–H groups in total. The second-order valence-corrected chi connectivity index (χ2v) is 3.02. The van der Waals surface area contributed by atoms with Crippen molar-refractivity contribution in [2.24, 2.45) is 0 Å². The number of rotatable bonds is 4. The Hall–Kier alpha value is -1.70. The van der Waals surface area contributed by atoms with Gasteiger partial charge in [-0.3, -0.25) is 0 Å². The zero-order valence-corrected chi connectivity index (χ0v) is 9.36. The average molecular weight is 204 g/mol. The van der Waals surface area contributed by atoms with Crippen molar-refractivity contribution in [1.29, 1.82) is 0 Å². The quantitative estimate of drug-likeness (QED) is 0.553. The smallest absolute Gasteiger partial charge is 0.119 e. The van der Waals surface area contributed by atoms with Gasteiger partial charge >= 0.3 is 0 Å². The van der Waals surface area contributed by atoms with Gasteiger partial charge < -0.3 is 9.47 Å². The summed E-state index contributed by atoms with van der Waals surface area (Å²) in [6.07, 6.45) is 5.84. The van der Waals surface area contributed by atoms with Gasteiger partial charge in [0.15, 0.2) is 0 Å². The third-order valence-corrected chi connectivity index (χ3v) is 1.99. The summed E-state index contributed by atoms with van der Waals surface area (Å²) in [5, 5.41) is 0. The number of methoxy groups -OCH3 is 2. The van der Waals surface area contributed by atoms with Gasteiger partial charge in [-0.2, -0.15) is 0 Å². The first-order chi connectivity index (χ1) is 7.30. The van der Waals surface area contributed by atoms with Gasteiger partial charge in [-0.25, -0.2) is 0 Å². The van der Waals surface area contributed by atoms with E-state index in [1.54, 1.807) is 14.2 Å². The highest BCUT2D eigenvalue weighted by atomic mass is 16.5. The highest BCUT2D eigenvalue weighted by Gasteiger charge is 1.93. The van der Waals surface area contributed by atoms with Crippen molar-refractivity contribution in [3.8, 4) is 5.75 Å². The lowest BCUT2D eigenvalue weighted by atomic mass is 10.2. The lowest BCUT2D eigenvalue weighted by Crippen LogP contribution is -1.84. The zero-order valence-electron chi connectivity index (χ0n) is 9.36. The minimum absolute atomic E-state index is 0.836. The molecule has 80 valence electrons. The van der Waals surface area contributed by atoms with E-state index in [1.165, 1.54) is 0 Å². The van der Waals surface area contributed by atoms with Crippen LogP contribution in [0, 0.1) is 0 Å². The van der Waals surface area contributed by atoms with Crippen molar-refractivity contribution in [2.45, 2.75) is 6.92 Å². The molecule has 0 saturated carbocycles. The van der Waals surface area contributed by atoms with Crippen molar-refractivity contribution in [3.05, 3.63) is 47.7 Å². The molecule has 0 aliphatic heterocycles. The second-order valence-electron chi connectivity index (χ2n) is 3.02. The van der Waals surface area contributed by atoms with Gasteiger partial charge in [-0.15, -0.1) is 0 Å². The third kappa shape index (κ3) is 3.50. The Morgan fingerprint density at radius 2 is 1.80 bits per heavy atom. The van der Waals surface area contributed by atoms with Gasteiger partial charge in [0.2, 0.25) is 0 Å². The number of hydrogen-bond donors (Lipinski definition) is 0. The van der Waals surface area contributed by atoms with Crippen molar-refractivity contribution in [2.75, 3.05) is 14.2 Å². The van der Waals surface area contributed by atoms with Crippen LogP contribution < -0.4 is 4.74 Å². The number of ether oxygens (including phenoxy) is 2. The lowest BCUT2D eigenvalue weighted by Gasteiger charge is -2.02. The van der Waals surface area contributed by atoms with E-state index < -0.39 is 0 Å². The normalized spacial score (nSPS) is 11.8. The molecule has 0 aromatic heterocycles. The van der Waals surface area contributed by atoms with E-state index >= 15 is 0 Å². The van der Waals surface area contributed by atoms with E-state index in [0.29, 0.717) is 0 Å². The Labute approximate surface area is 90.8 Å². The SMILES string of the molecule is C/C=C/C(=C\c1ccc(OC)cc1)OC. The first kappa shape index (κ1) is 11.4. The van der Waals surface area contributed by atoms with Crippen LogP contribution >= 0.6 is 0 Å². The molecule has 0 aliphatic rings. The molecular formula is C13H16O2. The Morgan fingerprint density at radius 3 is 2.27 bits per heavy atom. The summed E-state index contributed by atoms with van der Waals surface area (Å²) < 4.78 is 10.3. The highest BCUT2D eigenvalue weighted by molar-refractivity contribution is 5.54. The molecule has 0 amide bonds. The zero-order chi connectivity index (χ0) is 11.1. The number of benzene rings is 1. The van der Waals surface area contributed by atoms with Gasteiger partial charge in [0.1, 0.15) is 11.5 Å². The fourth-order valence-electron chi connectivity index (χ4n) is 1.20. The average Bonchev–Trinajstić information content (AvgIpc) is 2.29. The Morgan fingerprint density at radius 1 is 1.13 bits per heavy atom. The predicted octanol–water partition coefficient (Wildman–Crippen LogP) is 3.26. The van der Waals surface area contributed by atoms with Crippen molar-refractivity contribution >= 4 is 6.08 Å². The molecule has 0 fully saturated rings. The van der Waals surface area contributed by atoms with E-state index in [-0.39, 0.29) is 0 Å². The van der Waals surface area contributed by atoms with Gasteiger partial charge in [0.05, 0.1) is 14.2 Å². The Kier molecular flexibility index (Phi) is 4.48. The van der Waals surface area contributed by atoms with Crippen LogP contribution in [0.5, 0.6) is 5.75 Å². The van der Waals surface area contributed by atoms with Crippen LogP contribution in [0.15, 0.2) is 42.2 Å². The lowest BCUT2D eigenvalue weighted by molar-refractivity contribution is 0.310. The molecule has 0 saturated heterocycles. The van der Waals surface area contributed by atoms with Crippen LogP contribution in [0.2, 0.25) is 0 Å². The van der Waals surface area contributed by atoms with Gasteiger partial charge in [-0.1, -0.05) is 18.2 Å². The molecule has 15 heavy (non-hydrogen) atoms. The summed E-state index contributed by atoms with van der Waals surface area (Å²) in [4.78, 5) is 0. The largest absolute Gasteiger partial charge is 0.497 e. The molecule has 0 radical (unpaired) electrons. The summed E-state index contributed by atoms with van der Waals surface area (Å²) in [6.45, 7) is 1.96. The molecule has 0 atom stereocenters. The molecule has 0 heterocycles. The molecule has 0 aliphatic carbocycles. The van der Waals surface area contributed by atoms with Gasteiger partial charge in [0.25, 0.3) is 0 Å². The van der Waals surface area contributed by atoms with Gasteiger partial charge in [0, 0.05) is 0 Å². The standard InChI is InChI=1S/C13H16O2/c1-4-5-13(15-3)10-11-6-8-12(14-2)9-7-11/h4-10H,1-3H3/b5-4+,13-10+. The summed E-state index contributed by atoms with van der Waals surface area (Å²) in [5.74, 6) is 1.69. The van der Waals surface area contributed by atoms with E-state index in [2.05, 4.69) is 0 Å². The maximum absolute atomic E-state index is 5.19. The minimum Gasteiger partial charge on any atom is -0.497 e. The topological polar surface area (TPSA) is 18.5 Å². The summed E-state index contributed by atoms with van der Waals surface area (Å²) in [5.41, 5.74) is 1.09. The van der Waals surface area contributed by atoms with Crippen LogP contribution in [-0.2, 0) is 4.74 Å². The van der Waals surface area contributed by atoms with Gasteiger partial charge in [-0.05, 0) is 36.8 Å². The molecule has 2 nitrogen and oxygen atoms in total. The van der Waals surface area contributed by atoms with E-state index in [1.807, 2.05) is 49.4 Å². The molecule has 2 heteroatoms. The van der Waals surface area contributed by atoms with Crippen LogP contribution in [0.4, 0.5) is 0 Å².